The van der Waals surface area contributed by atoms with Crippen molar-refractivity contribution in [2.75, 3.05) is 0 Å². The van der Waals surface area contributed by atoms with E-state index in [4.69, 9.17) is 14.0 Å². The van der Waals surface area contributed by atoms with Gasteiger partial charge in [-0.2, -0.15) is 6.92 Å². The second-order valence-corrected chi connectivity index (χ2v) is 1.49. The fourth-order valence-corrected chi connectivity index (χ4v) is 0.393. The maximum absolute atomic E-state index is 7.50. The van der Waals surface area contributed by atoms with Gasteiger partial charge in [0.25, 0.3) is 0 Å². The van der Waals surface area contributed by atoms with Crippen LogP contribution in [0, 0.1) is 70.8 Å². The standard InChI is InChI=1S/2C5H5.3CO.W/c1-2-4-5-3-1;1-3-5-4-2;3*1-2;/h1-5H;3H,1-2H2;;;;/q;-1;;;;+2. The molecule has 3 nitrogen and oxygen atoms in total. The Bertz CT molecular complexity index is 205. The van der Waals surface area contributed by atoms with Crippen molar-refractivity contribution in [3.8, 4) is 11.8 Å². The van der Waals surface area contributed by atoms with Crippen LogP contribution in [-0.2, 0) is 35.0 Å². The molecule has 5 radical (unpaired) electrons. The zero-order chi connectivity index (χ0) is 13.7. The van der Waals surface area contributed by atoms with Crippen LogP contribution in [0.5, 0.6) is 0 Å². The van der Waals surface area contributed by atoms with Crippen LogP contribution in [0.15, 0.2) is 12.7 Å². The van der Waals surface area contributed by atoms with Gasteiger partial charge in [0, 0.05) is 0 Å². The van der Waals surface area contributed by atoms with Gasteiger partial charge in [-0.05, 0) is 32.1 Å². The average molecular weight is 398 g/mol. The molecule has 1 aliphatic carbocycles. The molecule has 0 aromatic rings. The minimum absolute atomic E-state index is 0. The van der Waals surface area contributed by atoms with Crippen LogP contribution in [-0.4, -0.2) is 0 Å². The second-order valence-electron chi connectivity index (χ2n) is 1.49. The molecule has 0 amide bonds. The van der Waals surface area contributed by atoms with Gasteiger partial charge in [0.2, 0.25) is 0 Å². The zero-order valence-corrected chi connectivity index (χ0v) is 11.9. The molecule has 1 fully saturated rings. The molecule has 0 aliphatic heterocycles. The molecule has 4 heteroatoms. The van der Waals surface area contributed by atoms with Gasteiger partial charge >= 0.3 is 55.0 Å². The van der Waals surface area contributed by atoms with Crippen LogP contribution >= 0.6 is 0 Å². The van der Waals surface area contributed by atoms with E-state index in [2.05, 4.69) is 45.3 Å². The summed E-state index contributed by atoms with van der Waals surface area (Å²) in [5, 5.41) is 0. The molecule has 0 spiro atoms. The first-order valence-electron chi connectivity index (χ1n) is 3.58. The van der Waals surface area contributed by atoms with Crippen LogP contribution in [0.4, 0.5) is 0 Å². The molecule has 0 saturated heterocycles. The molecule has 0 bridgehead atoms. The molecule has 0 aromatic heterocycles. The molecular formula is C13H10O3W+. The van der Waals surface area contributed by atoms with Gasteiger partial charge in [0.05, 0.1) is 0 Å². The van der Waals surface area contributed by atoms with Crippen molar-refractivity contribution in [2.45, 2.75) is 0 Å². The van der Waals surface area contributed by atoms with Crippen LogP contribution in [0.2, 0.25) is 0 Å². The first kappa shape index (κ1) is 29.8. The predicted octanol–water partition coefficient (Wildman–Crippen LogP) is 1.92. The van der Waals surface area contributed by atoms with E-state index in [0.29, 0.717) is 0 Å². The molecule has 0 atom stereocenters. The van der Waals surface area contributed by atoms with Crippen LogP contribution < -0.4 is 0 Å². The molecule has 85 valence electrons. The summed E-state index contributed by atoms with van der Waals surface area (Å²) in [5.74, 6) is 4.91. The molecular weight excluding hydrogens is 388 g/mol. The van der Waals surface area contributed by atoms with E-state index >= 15 is 0 Å². The Morgan fingerprint density at radius 2 is 1.12 bits per heavy atom. The van der Waals surface area contributed by atoms with Crippen molar-refractivity contribution in [2.24, 2.45) is 0 Å². The van der Waals surface area contributed by atoms with Gasteiger partial charge in [0.15, 0.2) is 0 Å². The maximum Gasteiger partial charge on any atom is 2.00 e. The van der Waals surface area contributed by atoms with Crippen molar-refractivity contribution in [1.29, 1.82) is 0 Å². The molecule has 0 unspecified atom stereocenters. The van der Waals surface area contributed by atoms with Gasteiger partial charge in [0.1, 0.15) is 0 Å². The zero-order valence-electron chi connectivity index (χ0n) is 9.01. The summed E-state index contributed by atoms with van der Waals surface area (Å²) < 4.78 is 22.5. The van der Waals surface area contributed by atoms with Crippen LogP contribution in [0.1, 0.15) is 0 Å². The summed E-state index contributed by atoms with van der Waals surface area (Å²) >= 11 is 0. The van der Waals surface area contributed by atoms with Gasteiger partial charge in [-0.3, -0.25) is 5.92 Å². The molecule has 17 heavy (non-hydrogen) atoms. The SMILES string of the molecule is C=CC#C[CH2-].[C-]#[O+].[C-]#[O+].[C-]#[O+].[CH]1[CH][CH][CH][CH]1.[W+2]. The van der Waals surface area contributed by atoms with Crippen LogP contribution in [0.3, 0.4) is 0 Å². The largest absolute Gasteiger partial charge is 2.00 e. The Hall–Kier alpha value is -0.922. The number of allylic oxidation sites excluding steroid dienone is 1. The third kappa shape index (κ3) is 69.8. The Kier molecular flexibility index (Phi) is 105. The Balaban J connectivity index is -0.0000000380. The summed E-state index contributed by atoms with van der Waals surface area (Å²) in [5.41, 5.74) is 0. The van der Waals surface area contributed by atoms with Crippen molar-refractivity contribution in [3.63, 3.8) is 0 Å². The van der Waals surface area contributed by atoms with Gasteiger partial charge in [-0.25, -0.2) is 0 Å². The minimum atomic E-state index is 0. The summed E-state index contributed by atoms with van der Waals surface area (Å²) in [4.78, 5) is 0. The minimum Gasteiger partial charge on any atom is -0.0312 e. The Morgan fingerprint density at radius 1 is 0.882 bits per heavy atom. The normalized spacial score (nSPS) is 8.59. The molecule has 1 aliphatic rings. The van der Waals surface area contributed by atoms with E-state index in [0.717, 1.165) is 0 Å². The van der Waals surface area contributed by atoms with Crippen LogP contribution in [0.25, 0.3) is 0 Å². The molecule has 0 heterocycles. The van der Waals surface area contributed by atoms with E-state index in [1.54, 1.807) is 0 Å². The van der Waals surface area contributed by atoms with Gasteiger partial charge in [-0.15, -0.1) is 12.7 Å². The van der Waals surface area contributed by atoms with E-state index in [9.17, 15) is 0 Å². The van der Waals surface area contributed by atoms with Gasteiger partial charge < -0.3 is 5.92 Å². The first-order valence-corrected chi connectivity index (χ1v) is 3.58. The van der Waals surface area contributed by atoms with E-state index in [1.807, 2.05) is 32.1 Å². The third-order valence-corrected chi connectivity index (χ3v) is 0.760. The fraction of sp³-hybridized carbons (Fsp3) is 0. The van der Waals surface area contributed by atoms with E-state index in [1.165, 1.54) is 6.08 Å². The average Bonchev–Trinajstić information content (AvgIpc) is 2.97. The van der Waals surface area contributed by atoms with Crippen molar-refractivity contribution in [3.05, 3.63) is 71.6 Å². The second kappa shape index (κ2) is 59.6. The fourth-order valence-electron chi connectivity index (χ4n) is 0.393. The summed E-state index contributed by atoms with van der Waals surface area (Å²) in [7, 11) is 0. The Morgan fingerprint density at radius 3 is 1.18 bits per heavy atom. The van der Waals surface area contributed by atoms with Crippen molar-refractivity contribution >= 4 is 0 Å². The Labute approximate surface area is 118 Å². The topological polar surface area (TPSA) is 59.7 Å². The maximum atomic E-state index is 7.50. The first-order chi connectivity index (χ1) is 7.91. The summed E-state index contributed by atoms with van der Waals surface area (Å²) in [6, 6.07) is 0. The summed E-state index contributed by atoms with van der Waals surface area (Å²) in [6.07, 6.45) is 11.5. The smallest absolute Gasteiger partial charge is 0.0312 e. The van der Waals surface area contributed by atoms with Gasteiger partial charge in [-0.1, -0.05) is 0 Å². The van der Waals surface area contributed by atoms with E-state index < -0.39 is 0 Å². The van der Waals surface area contributed by atoms with Crippen molar-refractivity contribution in [1.82, 2.24) is 0 Å². The summed E-state index contributed by atoms with van der Waals surface area (Å²) in [6.45, 7) is 20.1. The molecule has 0 N–H and O–H groups in total. The number of rotatable bonds is 0. The molecule has 1 rings (SSSR count). The van der Waals surface area contributed by atoms with E-state index in [-0.39, 0.29) is 21.1 Å². The molecule has 1 saturated carbocycles. The predicted molar refractivity (Wildman–Crippen MR) is 56.6 cm³/mol. The molecule has 0 aromatic carbocycles. The number of hydrogen-bond acceptors (Lipinski definition) is 0. The monoisotopic (exact) mass is 398 g/mol. The number of hydrogen-bond donors (Lipinski definition) is 0. The quantitative estimate of drug-likeness (QED) is 0.340. The third-order valence-electron chi connectivity index (χ3n) is 0.760. The van der Waals surface area contributed by atoms with Crippen molar-refractivity contribution < 1.29 is 35.0 Å².